The van der Waals surface area contributed by atoms with Crippen molar-refractivity contribution in [3.63, 3.8) is 0 Å². The van der Waals surface area contributed by atoms with Gasteiger partial charge in [-0.1, -0.05) is 23.7 Å². The summed E-state index contributed by atoms with van der Waals surface area (Å²) in [4.78, 5) is 11.7. The molecule has 0 aliphatic carbocycles. The normalized spacial score (nSPS) is 10.2. The zero-order valence-electron chi connectivity index (χ0n) is 10.3. The second kappa shape index (κ2) is 6.72. The Morgan fingerprint density at radius 2 is 1.95 bits per heavy atom. The highest BCUT2D eigenvalue weighted by atomic mass is 79.9. The van der Waals surface area contributed by atoms with E-state index in [0.717, 1.165) is 4.47 Å². The molecule has 2 aromatic rings. The second-order valence-electron chi connectivity index (χ2n) is 4.01. The van der Waals surface area contributed by atoms with Crippen LogP contribution in [0.2, 0.25) is 5.02 Å². The molecule has 3 nitrogen and oxygen atoms in total. The first-order valence-corrected chi connectivity index (χ1v) is 6.96. The van der Waals surface area contributed by atoms with Crippen molar-refractivity contribution in [2.75, 3.05) is 17.2 Å². The molecule has 104 valence electrons. The molecule has 2 rings (SSSR count). The number of nitrogens with one attached hydrogen (secondary N) is 2. The summed E-state index contributed by atoms with van der Waals surface area (Å²) >= 11 is 9.22. The molecule has 0 fully saturated rings. The first kappa shape index (κ1) is 14.8. The Morgan fingerprint density at radius 3 is 2.70 bits per heavy atom. The van der Waals surface area contributed by atoms with Crippen molar-refractivity contribution in [2.45, 2.75) is 0 Å². The van der Waals surface area contributed by atoms with Crippen LogP contribution in [0.5, 0.6) is 0 Å². The van der Waals surface area contributed by atoms with Crippen molar-refractivity contribution >= 4 is 44.8 Å². The van der Waals surface area contributed by atoms with Gasteiger partial charge in [0.1, 0.15) is 5.82 Å². The minimum absolute atomic E-state index is 0.00722. The van der Waals surface area contributed by atoms with Crippen LogP contribution in [-0.4, -0.2) is 12.5 Å². The molecule has 0 saturated carbocycles. The van der Waals surface area contributed by atoms with Crippen LogP contribution >= 0.6 is 27.5 Å². The minimum Gasteiger partial charge on any atom is -0.375 e. The summed E-state index contributed by atoms with van der Waals surface area (Å²) in [5, 5.41) is 5.98. The van der Waals surface area contributed by atoms with Crippen LogP contribution in [0.3, 0.4) is 0 Å². The fourth-order valence-electron chi connectivity index (χ4n) is 1.57. The van der Waals surface area contributed by atoms with Crippen molar-refractivity contribution in [2.24, 2.45) is 0 Å². The first-order chi connectivity index (χ1) is 9.56. The molecule has 20 heavy (non-hydrogen) atoms. The lowest BCUT2D eigenvalue weighted by Crippen LogP contribution is -2.22. The Kier molecular flexibility index (Phi) is 4.98. The lowest BCUT2D eigenvalue weighted by atomic mass is 10.3. The molecule has 6 heteroatoms. The summed E-state index contributed by atoms with van der Waals surface area (Å²) in [5.74, 6) is -0.813. The fourth-order valence-corrected chi connectivity index (χ4v) is 2.12. The third kappa shape index (κ3) is 3.95. The average molecular weight is 358 g/mol. The summed E-state index contributed by atoms with van der Waals surface area (Å²) in [7, 11) is 0. The molecule has 2 N–H and O–H groups in total. The zero-order chi connectivity index (χ0) is 14.5. The van der Waals surface area contributed by atoms with Gasteiger partial charge in [-0.3, -0.25) is 4.79 Å². The Hall–Kier alpha value is -1.59. The summed E-state index contributed by atoms with van der Waals surface area (Å²) in [6.07, 6.45) is 0. The molecule has 0 atom stereocenters. The lowest BCUT2D eigenvalue weighted by molar-refractivity contribution is -0.114. The number of hydrogen-bond acceptors (Lipinski definition) is 2. The quantitative estimate of drug-likeness (QED) is 0.857. The highest BCUT2D eigenvalue weighted by Crippen LogP contribution is 2.25. The number of para-hydroxylation sites is 1. The largest absolute Gasteiger partial charge is 0.375 e. The molecule has 0 aliphatic heterocycles. The second-order valence-corrected chi connectivity index (χ2v) is 5.30. The Labute approximate surface area is 129 Å². The van der Waals surface area contributed by atoms with Gasteiger partial charge in [0.05, 0.1) is 17.9 Å². The van der Waals surface area contributed by atoms with Crippen LogP contribution < -0.4 is 10.6 Å². The van der Waals surface area contributed by atoms with Gasteiger partial charge in [-0.15, -0.1) is 0 Å². The van der Waals surface area contributed by atoms with Gasteiger partial charge in [-0.05, 0) is 46.3 Å². The third-order valence-corrected chi connectivity index (χ3v) is 3.44. The fraction of sp³-hybridized carbons (Fsp3) is 0.0714. The van der Waals surface area contributed by atoms with Crippen LogP contribution in [0.4, 0.5) is 15.8 Å². The Morgan fingerprint density at radius 1 is 1.20 bits per heavy atom. The molecule has 0 aromatic heterocycles. The smallest absolute Gasteiger partial charge is 0.243 e. The number of carbonyl (C=O) groups is 1. The molecule has 0 radical (unpaired) electrons. The molecule has 2 aromatic carbocycles. The number of hydrogen-bond donors (Lipinski definition) is 2. The number of rotatable bonds is 4. The number of anilines is 2. The van der Waals surface area contributed by atoms with Gasteiger partial charge >= 0.3 is 0 Å². The van der Waals surface area contributed by atoms with Gasteiger partial charge < -0.3 is 10.6 Å². The number of amides is 1. The van der Waals surface area contributed by atoms with E-state index in [1.165, 1.54) is 12.1 Å². The predicted molar refractivity (Wildman–Crippen MR) is 82.7 cm³/mol. The van der Waals surface area contributed by atoms with E-state index in [0.29, 0.717) is 10.7 Å². The molecular weight excluding hydrogens is 347 g/mol. The molecule has 0 bridgehead atoms. The van der Waals surface area contributed by atoms with E-state index < -0.39 is 5.82 Å². The first-order valence-electron chi connectivity index (χ1n) is 5.79. The number of benzene rings is 2. The molecule has 0 spiro atoms. The van der Waals surface area contributed by atoms with Crippen LogP contribution in [-0.2, 0) is 4.79 Å². The van der Waals surface area contributed by atoms with Gasteiger partial charge in [0.25, 0.3) is 0 Å². The van der Waals surface area contributed by atoms with Crippen LogP contribution in [0, 0.1) is 5.82 Å². The Bertz CT molecular complexity index is 636. The maximum absolute atomic E-state index is 13.4. The monoisotopic (exact) mass is 356 g/mol. The standard InChI is InChI=1S/C14H11BrClFN2O/c15-10-6-5-9(16)7-13(10)18-8-14(20)19-12-4-2-1-3-11(12)17/h1-7,18H,8H2,(H,19,20). The van der Waals surface area contributed by atoms with Gasteiger partial charge in [-0.25, -0.2) is 4.39 Å². The molecule has 0 aliphatic rings. The zero-order valence-corrected chi connectivity index (χ0v) is 12.6. The number of carbonyl (C=O) groups excluding carboxylic acids is 1. The van der Waals surface area contributed by atoms with Crippen LogP contribution in [0.1, 0.15) is 0 Å². The molecule has 0 saturated heterocycles. The minimum atomic E-state index is -0.468. The number of halogens is 3. The van der Waals surface area contributed by atoms with Gasteiger partial charge in [0, 0.05) is 9.50 Å². The van der Waals surface area contributed by atoms with Crippen molar-refractivity contribution in [3.8, 4) is 0 Å². The summed E-state index contributed by atoms with van der Waals surface area (Å²) in [6, 6.07) is 11.2. The van der Waals surface area contributed by atoms with Gasteiger partial charge in [-0.2, -0.15) is 0 Å². The SMILES string of the molecule is O=C(CNc1cc(Cl)ccc1Br)Nc1ccccc1F. The van der Waals surface area contributed by atoms with Crippen LogP contribution in [0.15, 0.2) is 46.9 Å². The summed E-state index contributed by atoms with van der Waals surface area (Å²) < 4.78 is 14.2. The van der Waals surface area contributed by atoms with E-state index in [1.807, 2.05) is 0 Å². The lowest BCUT2D eigenvalue weighted by Gasteiger charge is -2.10. The third-order valence-electron chi connectivity index (χ3n) is 2.52. The molecule has 0 unspecified atom stereocenters. The van der Waals surface area contributed by atoms with E-state index in [9.17, 15) is 9.18 Å². The molecule has 0 heterocycles. The molecular formula is C14H11BrClFN2O. The van der Waals surface area contributed by atoms with Crippen molar-refractivity contribution in [3.05, 3.63) is 57.8 Å². The maximum atomic E-state index is 13.4. The summed E-state index contributed by atoms with van der Waals surface area (Å²) in [6.45, 7) is 0.00722. The van der Waals surface area contributed by atoms with E-state index in [2.05, 4.69) is 26.6 Å². The van der Waals surface area contributed by atoms with Crippen molar-refractivity contribution in [1.29, 1.82) is 0 Å². The van der Waals surface area contributed by atoms with Crippen molar-refractivity contribution in [1.82, 2.24) is 0 Å². The van der Waals surface area contributed by atoms with Gasteiger partial charge in [0.15, 0.2) is 0 Å². The molecule has 1 amide bonds. The van der Waals surface area contributed by atoms with E-state index in [-0.39, 0.29) is 18.1 Å². The van der Waals surface area contributed by atoms with Crippen molar-refractivity contribution < 1.29 is 9.18 Å². The van der Waals surface area contributed by atoms with E-state index >= 15 is 0 Å². The highest BCUT2D eigenvalue weighted by Gasteiger charge is 2.07. The Balaban J connectivity index is 1.96. The van der Waals surface area contributed by atoms with E-state index in [4.69, 9.17) is 11.6 Å². The predicted octanol–water partition coefficient (Wildman–Crippen LogP) is 4.29. The average Bonchev–Trinajstić information content (AvgIpc) is 2.42. The van der Waals surface area contributed by atoms with Gasteiger partial charge in [0.2, 0.25) is 5.91 Å². The van der Waals surface area contributed by atoms with E-state index in [1.54, 1.807) is 30.3 Å². The van der Waals surface area contributed by atoms with Crippen LogP contribution in [0.25, 0.3) is 0 Å². The topological polar surface area (TPSA) is 41.1 Å². The highest BCUT2D eigenvalue weighted by molar-refractivity contribution is 9.10. The maximum Gasteiger partial charge on any atom is 0.243 e. The summed E-state index contributed by atoms with van der Waals surface area (Å²) in [5.41, 5.74) is 0.852.